The minimum atomic E-state index is -1.24. The van der Waals surface area contributed by atoms with Crippen molar-refractivity contribution in [1.29, 1.82) is 0 Å². The largest absolute Gasteiger partial charge is 0.480 e. The molecule has 0 aromatic heterocycles. The lowest BCUT2D eigenvalue weighted by Crippen LogP contribution is -2.46. The number of carbonyl (C=O) groups is 2. The van der Waals surface area contributed by atoms with Crippen LogP contribution in [0.4, 0.5) is 0 Å². The summed E-state index contributed by atoms with van der Waals surface area (Å²) in [6.45, 7) is -0.660. The lowest BCUT2D eigenvalue weighted by Gasteiger charge is -2.35. The van der Waals surface area contributed by atoms with Crippen LogP contribution in [0.3, 0.4) is 0 Å². The van der Waals surface area contributed by atoms with E-state index in [0.29, 0.717) is 12.8 Å². The second kappa shape index (κ2) is 2.62. The number of aliphatic carboxylic acids is 1. The van der Waals surface area contributed by atoms with Crippen LogP contribution in [0.25, 0.3) is 0 Å². The molecule has 0 aromatic rings. The maximum absolute atomic E-state index is 10.9. The first-order valence-corrected chi connectivity index (χ1v) is 3.51. The summed E-state index contributed by atoms with van der Waals surface area (Å²) in [4.78, 5) is 21.5. The third-order valence-corrected chi connectivity index (χ3v) is 2.29. The summed E-state index contributed by atoms with van der Waals surface area (Å²) in [5, 5.41) is 17.1. The fraction of sp³-hybridized carbons (Fsp3) is 0.714. The Bertz CT molecular complexity index is 193. The van der Waals surface area contributed by atoms with Crippen LogP contribution in [0.1, 0.15) is 19.3 Å². The molecule has 0 bridgehead atoms. The van der Waals surface area contributed by atoms with E-state index in [2.05, 4.69) is 0 Å². The molecule has 1 aliphatic rings. The van der Waals surface area contributed by atoms with Crippen LogP contribution in [-0.4, -0.2) is 28.6 Å². The molecule has 1 fully saturated rings. The van der Waals surface area contributed by atoms with Gasteiger partial charge in [-0.2, -0.15) is 0 Å². The Morgan fingerprint density at radius 3 is 2.00 bits per heavy atom. The predicted octanol–water partition coefficient (Wildman–Crippen LogP) is -0.197. The highest BCUT2D eigenvalue weighted by atomic mass is 16.4. The van der Waals surface area contributed by atoms with Crippen LogP contribution >= 0.6 is 0 Å². The molecule has 1 aliphatic carbocycles. The number of rotatable bonds is 3. The molecule has 0 atom stereocenters. The molecule has 11 heavy (non-hydrogen) atoms. The number of carboxylic acids is 1. The van der Waals surface area contributed by atoms with E-state index in [1.54, 1.807) is 0 Å². The molecular weight excluding hydrogens is 148 g/mol. The molecule has 4 heteroatoms. The van der Waals surface area contributed by atoms with Gasteiger partial charge in [-0.1, -0.05) is 6.42 Å². The van der Waals surface area contributed by atoms with Crippen molar-refractivity contribution in [3.63, 3.8) is 0 Å². The number of aliphatic hydroxyl groups excluding tert-OH is 1. The number of aliphatic hydroxyl groups is 1. The summed E-state index contributed by atoms with van der Waals surface area (Å²) < 4.78 is 0. The summed E-state index contributed by atoms with van der Waals surface area (Å²) in [6.07, 6.45) is 1.52. The molecule has 0 spiro atoms. The van der Waals surface area contributed by atoms with Gasteiger partial charge in [0.2, 0.25) is 0 Å². The van der Waals surface area contributed by atoms with Crippen LogP contribution in [0.15, 0.2) is 0 Å². The fourth-order valence-corrected chi connectivity index (χ4v) is 1.29. The first kappa shape index (κ1) is 8.20. The van der Waals surface area contributed by atoms with Gasteiger partial charge in [0.1, 0.15) is 12.0 Å². The lowest BCUT2D eigenvalue weighted by atomic mass is 9.66. The molecule has 0 aliphatic heterocycles. The Kier molecular flexibility index (Phi) is 1.95. The van der Waals surface area contributed by atoms with Gasteiger partial charge in [-0.3, -0.25) is 9.59 Å². The van der Waals surface area contributed by atoms with Crippen LogP contribution in [0.2, 0.25) is 0 Å². The van der Waals surface area contributed by atoms with E-state index in [1.165, 1.54) is 0 Å². The Labute approximate surface area is 63.8 Å². The SMILES string of the molecule is O=C(O)C1(C(=O)CO)CCC1. The molecule has 0 radical (unpaired) electrons. The summed E-state index contributed by atoms with van der Waals surface area (Å²) in [7, 11) is 0. The third kappa shape index (κ3) is 1.03. The van der Waals surface area contributed by atoms with Gasteiger partial charge >= 0.3 is 5.97 Å². The predicted molar refractivity (Wildman–Crippen MR) is 36.0 cm³/mol. The monoisotopic (exact) mass is 158 g/mol. The van der Waals surface area contributed by atoms with Gasteiger partial charge in [0.25, 0.3) is 0 Å². The highest BCUT2D eigenvalue weighted by Crippen LogP contribution is 2.41. The van der Waals surface area contributed by atoms with Crippen LogP contribution < -0.4 is 0 Å². The van der Waals surface area contributed by atoms with Crippen LogP contribution in [-0.2, 0) is 9.59 Å². The molecule has 4 nitrogen and oxygen atoms in total. The average Bonchev–Trinajstić information content (AvgIpc) is 1.84. The zero-order chi connectivity index (χ0) is 8.48. The maximum atomic E-state index is 10.9. The van der Waals surface area contributed by atoms with Crippen molar-refractivity contribution in [2.45, 2.75) is 19.3 Å². The van der Waals surface area contributed by atoms with E-state index in [1.807, 2.05) is 0 Å². The molecular formula is C7H10O4. The van der Waals surface area contributed by atoms with E-state index in [-0.39, 0.29) is 0 Å². The zero-order valence-corrected chi connectivity index (χ0v) is 6.04. The lowest BCUT2D eigenvalue weighted by molar-refractivity contribution is -0.162. The normalized spacial score (nSPS) is 20.5. The molecule has 0 amide bonds. The van der Waals surface area contributed by atoms with Crippen LogP contribution in [0.5, 0.6) is 0 Å². The van der Waals surface area contributed by atoms with Crippen LogP contribution in [0, 0.1) is 5.41 Å². The Hall–Kier alpha value is -0.900. The first-order chi connectivity index (χ1) is 5.13. The van der Waals surface area contributed by atoms with Gasteiger partial charge in [-0.15, -0.1) is 0 Å². The zero-order valence-electron chi connectivity index (χ0n) is 6.04. The number of carbonyl (C=O) groups excluding carboxylic acids is 1. The summed E-state index contributed by atoms with van der Waals surface area (Å²) >= 11 is 0. The summed E-state index contributed by atoms with van der Waals surface area (Å²) in [6, 6.07) is 0. The molecule has 2 N–H and O–H groups in total. The Balaban J connectivity index is 2.75. The Morgan fingerprint density at radius 1 is 1.36 bits per heavy atom. The number of ketones is 1. The molecule has 1 saturated carbocycles. The Morgan fingerprint density at radius 2 is 1.91 bits per heavy atom. The molecule has 62 valence electrons. The van der Waals surface area contributed by atoms with Gasteiger partial charge in [-0.05, 0) is 12.8 Å². The quantitative estimate of drug-likeness (QED) is 0.558. The third-order valence-electron chi connectivity index (χ3n) is 2.29. The van der Waals surface area contributed by atoms with E-state index in [9.17, 15) is 9.59 Å². The van der Waals surface area contributed by atoms with Crippen molar-refractivity contribution in [1.82, 2.24) is 0 Å². The standard InChI is InChI=1S/C7H10O4/c8-4-5(9)7(6(10)11)2-1-3-7/h8H,1-4H2,(H,10,11). The van der Waals surface area contributed by atoms with Gasteiger partial charge < -0.3 is 10.2 Å². The van der Waals surface area contributed by atoms with E-state index >= 15 is 0 Å². The number of hydrogen-bond donors (Lipinski definition) is 2. The molecule has 0 aromatic carbocycles. The fourth-order valence-electron chi connectivity index (χ4n) is 1.29. The van der Waals surface area contributed by atoms with Gasteiger partial charge in [0.15, 0.2) is 5.78 Å². The smallest absolute Gasteiger partial charge is 0.317 e. The summed E-state index contributed by atoms with van der Waals surface area (Å²) in [5.74, 6) is -1.65. The van der Waals surface area contributed by atoms with Gasteiger partial charge in [0, 0.05) is 0 Å². The average molecular weight is 158 g/mol. The van der Waals surface area contributed by atoms with Crippen molar-refractivity contribution < 1.29 is 19.8 Å². The summed E-state index contributed by atoms with van der Waals surface area (Å²) in [5.41, 5.74) is -1.24. The molecule has 0 saturated heterocycles. The van der Waals surface area contributed by atoms with Crippen molar-refractivity contribution in [2.75, 3.05) is 6.61 Å². The van der Waals surface area contributed by atoms with Crippen molar-refractivity contribution >= 4 is 11.8 Å². The van der Waals surface area contributed by atoms with E-state index in [0.717, 1.165) is 6.42 Å². The van der Waals surface area contributed by atoms with Crippen molar-refractivity contribution in [3.05, 3.63) is 0 Å². The highest BCUT2D eigenvalue weighted by Gasteiger charge is 2.50. The topological polar surface area (TPSA) is 74.6 Å². The molecule has 0 heterocycles. The maximum Gasteiger partial charge on any atom is 0.317 e. The molecule has 0 unspecified atom stereocenters. The van der Waals surface area contributed by atoms with E-state index < -0.39 is 23.8 Å². The number of Topliss-reactive ketones (excluding diaryl/α,β-unsaturated/α-hetero) is 1. The first-order valence-electron chi connectivity index (χ1n) is 3.51. The van der Waals surface area contributed by atoms with Crippen molar-refractivity contribution in [3.8, 4) is 0 Å². The minimum absolute atomic E-state index is 0.377. The van der Waals surface area contributed by atoms with Gasteiger partial charge in [-0.25, -0.2) is 0 Å². The van der Waals surface area contributed by atoms with Gasteiger partial charge in [0.05, 0.1) is 0 Å². The number of carboxylic acid groups (broad SMARTS) is 1. The molecule has 1 rings (SSSR count). The number of hydrogen-bond acceptors (Lipinski definition) is 3. The van der Waals surface area contributed by atoms with Crippen molar-refractivity contribution in [2.24, 2.45) is 5.41 Å². The highest BCUT2D eigenvalue weighted by molar-refractivity contribution is 6.04. The second-order valence-corrected chi connectivity index (χ2v) is 2.82. The second-order valence-electron chi connectivity index (χ2n) is 2.82. The van der Waals surface area contributed by atoms with E-state index in [4.69, 9.17) is 10.2 Å². The minimum Gasteiger partial charge on any atom is -0.480 e.